The molecule has 0 radical (unpaired) electrons. The minimum Gasteiger partial charge on any atom is -0.310 e. The van der Waals surface area contributed by atoms with Crippen molar-refractivity contribution in [1.82, 2.24) is 4.57 Å². The third-order valence-corrected chi connectivity index (χ3v) is 15.5. The van der Waals surface area contributed by atoms with Crippen molar-refractivity contribution >= 4 is 38.9 Å². The van der Waals surface area contributed by atoms with Crippen molar-refractivity contribution < 1.29 is 0 Å². The number of hydrogen-bond donors (Lipinski definition) is 0. The Hall–Kier alpha value is -9.76. The van der Waals surface area contributed by atoms with E-state index in [0.717, 1.165) is 56.0 Å². The van der Waals surface area contributed by atoms with Crippen molar-refractivity contribution in [2.24, 2.45) is 0 Å². The van der Waals surface area contributed by atoms with Crippen molar-refractivity contribution in [2.45, 2.75) is 5.41 Å². The van der Waals surface area contributed by atoms with Gasteiger partial charge in [0, 0.05) is 33.3 Å². The highest BCUT2D eigenvalue weighted by Gasteiger charge is 2.47. The first-order valence-electron chi connectivity index (χ1n) is 25.9. The fourth-order valence-corrected chi connectivity index (χ4v) is 12.3. The first-order chi connectivity index (χ1) is 37.2. The number of fused-ring (bicyclic) bond motifs is 6. The minimum absolute atomic E-state index is 0.514. The van der Waals surface area contributed by atoms with E-state index in [9.17, 15) is 0 Å². The van der Waals surface area contributed by atoms with Gasteiger partial charge in [0.2, 0.25) is 0 Å². The summed E-state index contributed by atoms with van der Waals surface area (Å²) in [5, 5.41) is 2.45. The first-order valence-corrected chi connectivity index (χ1v) is 25.9. The Kier molecular flexibility index (Phi) is 10.8. The van der Waals surface area contributed by atoms with Gasteiger partial charge in [-0.2, -0.15) is 0 Å². The lowest BCUT2D eigenvalue weighted by molar-refractivity contribution is 0.768. The summed E-state index contributed by atoms with van der Waals surface area (Å²) in [6.07, 6.45) is 0. The largest absolute Gasteiger partial charge is 0.310 e. The van der Waals surface area contributed by atoms with Gasteiger partial charge in [0.05, 0.1) is 27.8 Å². The number of nitrogens with zero attached hydrogens (tertiary/aromatic N) is 2. The SMILES string of the molecule is c1ccc(-c2cccc(N(c3cccc(-c4ccccc4)c3)c3ccccc3-c3ccccc3-c3ccc4c5ccccc5n(-c5cccc6c5-c5ccccc5C6(c5ccccc5)c5ccccc5)c4c3)c2)cc1. The van der Waals surface area contributed by atoms with Gasteiger partial charge in [-0.3, -0.25) is 0 Å². The van der Waals surface area contributed by atoms with Crippen LogP contribution >= 0.6 is 0 Å². The molecule has 12 aromatic carbocycles. The molecule has 1 heterocycles. The molecule has 352 valence electrons. The second-order valence-electron chi connectivity index (χ2n) is 19.5. The fourth-order valence-electron chi connectivity index (χ4n) is 12.3. The molecular weight excluding hydrogens is 905 g/mol. The van der Waals surface area contributed by atoms with Gasteiger partial charge in [-0.1, -0.05) is 255 Å². The summed E-state index contributed by atoms with van der Waals surface area (Å²) < 4.78 is 2.54. The number of aromatic nitrogens is 1. The molecule has 75 heavy (non-hydrogen) atoms. The molecule has 13 aromatic rings. The Labute approximate surface area is 438 Å². The van der Waals surface area contributed by atoms with Crippen LogP contribution in [-0.2, 0) is 5.41 Å². The van der Waals surface area contributed by atoms with Crippen molar-refractivity contribution in [2.75, 3.05) is 4.90 Å². The van der Waals surface area contributed by atoms with Crippen LogP contribution in [0.5, 0.6) is 0 Å². The molecule has 0 bridgehead atoms. The molecule has 0 unspecified atom stereocenters. The summed E-state index contributed by atoms with van der Waals surface area (Å²) in [6.45, 7) is 0. The van der Waals surface area contributed by atoms with Crippen molar-refractivity contribution in [3.63, 3.8) is 0 Å². The van der Waals surface area contributed by atoms with Gasteiger partial charge in [0.15, 0.2) is 0 Å². The highest BCUT2D eigenvalue weighted by molar-refractivity contribution is 6.11. The summed E-state index contributed by atoms with van der Waals surface area (Å²) in [4.78, 5) is 2.44. The highest BCUT2D eigenvalue weighted by Crippen LogP contribution is 2.58. The Morgan fingerprint density at radius 3 is 1.41 bits per heavy atom. The van der Waals surface area contributed by atoms with Crippen LogP contribution in [0.2, 0.25) is 0 Å². The van der Waals surface area contributed by atoms with E-state index in [4.69, 9.17) is 0 Å². The third kappa shape index (κ3) is 7.25. The van der Waals surface area contributed by atoms with Gasteiger partial charge in [-0.25, -0.2) is 0 Å². The van der Waals surface area contributed by atoms with E-state index >= 15 is 0 Å². The highest BCUT2D eigenvalue weighted by atomic mass is 15.1. The molecule has 2 heteroatoms. The number of rotatable bonds is 10. The summed E-state index contributed by atoms with van der Waals surface area (Å²) in [7, 11) is 0. The Bertz CT molecular complexity index is 4110. The van der Waals surface area contributed by atoms with Gasteiger partial charge >= 0.3 is 0 Å². The van der Waals surface area contributed by atoms with Crippen LogP contribution in [-0.4, -0.2) is 4.57 Å². The molecule has 0 aliphatic heterocycles. The number of para-hydroxylation sites is 2. The second-order valence-corrected chi connectivity index (χ2v) is 19.5. The van der Waals surface area contributed by atoms with Gasteiger partial charge in [-0.15, -0.1) is 0 Å². The fraction of sp³-hybridized carbons (Fsp3) is 0.0137. The first kappa shape index (κ1) is 44.0. The molecule has 0 saturated carbocycles. The summed E-state index contributed by atoms with van der Waals surface area (Å²) in [5.41, 5.74) is 23.2. The van der Waals surface area contributed by atoms with Crippen molar-refractivity contribution in [1.29, 1.82) is 0 Å². The zero-order valence-electron chi connectivity index (χ0n) is 41.3. The third-order valence-electron chi connectivity index (χ3n) is 15.5. The van der Waals surface area contributed by atoms with Gasteiger partial charge in [0.25, 0.3) is 0 Å². The van der Waals surface area contributed by atoms with Gasteiger partial charge in [-0.05, 0) is 115 Å². The lowest BCUT2D eigenvalue weighted by Crippen LogP contribution is -2.28. The monoisotopic (exact) mass is 954 g/mol. The topological polar surface area (TPSA) is 8.17 Å². The lowest BCUT2D eigenvalue weighted by atomic mass is 9.68. The molecule has 1 aliphatic carbocycles. The van der Waals surface area contributed by atoms with E-state index < -0.39 is 5.41 Å². The van der Waals surface area contributed by atoms with Crippen LogP contribution in [0.15, 0.2) is 303 Å². The van der Waals surface area contributed by atoms with Gasteiger partial charge < -0.3 is 9.47 Å². The van der Waals surface area contributed by atoms with E-state index in [-0.39, 0.29) is 0 Å². The van der Waals surface area contributed by atoms with Crippen LogP contribution < -0.4 is 4.90 Å². The Morgan fingerprint density at radius 1 is 0.280 bits per heavy atom. The summed E-state index contributed by atoms with van der Waals surface area (Å²) in [6, 6.07) is 111. The normalized spacial score (nSPS) is 12.4. The maximum absolute atomic E-state index is 2.54. The van der Waals surface area contributed by atoms with E-state index in [1.165, 1.54) is 66.5 Å². The average molecular weight is 955 g/mol. The molecule has 0 atom stereocenters. The van der Waals surface area contributed by atoms with E-state index in [1.807, 2.05) is 0 Å². The molecule has 1 aromatic heterocycles. The van der Waals surface area contributed by atoms with Crippen molar-refractivity contribution in [3.8, 4) is 61.3 Å². The Balaban J connectivity index is 0.971. The zero-order chi connectivity index (χ0) is 49.7. The molecule has 2 nitrogen and oxygen atoms in total. The molecule has 0 N–H and O–H groups in total. The molecular formula is C73H50N2. The summed E-state index contributed by atoms with van der Waals surface area (Å²) >= 11 is 0. The van der Waals surface area contributed by atoms with E-state index in [2.05, 4.69) is 313 Å². The minimum atomic E-state index is -0.514. The van der Waals surface area contributed by atoms with E-state index in [1.54, 1.807) is 0 Å². The quantitative estimate of drug-likeness (QED) is 0.133. The smallest absolute Gasteiger partial charge is 0.0714 e. The zero-order valence-corrected chi connectivity index (χ0v) is 41.3. The Morgan fingerprint density at radius 2 is 0.760 bits per heavy atom. The van der Waals surface area contributed by atoms with Crippen LogP contribution in [0.1, 0.15) is 22.3 Å². The molecule has 0 saturated heterocycles. The maximum atomic E-state index is 2.54. The number of hydrogen-bond acceptors (Lipinski definition) is 1. The van der Waals surface area contributed by atoms with E-state index in [0.29, 0.717) is 0 Å². The molecule has 14 rings (SSSR count). The van der Waals surface area contributed by atoms with Crippen LogP contribution in [0.25, 0.3) is 83.1 Å². The second kappa shape index (κ2) is 18.4. The van der Waals surface area contributed by atoms with Crippen LogP contribution in [0.3, 0.4) is 0 Å². The predicted octanol–water partition coefficient (Wildman–Crippen LogP) is 19.3. The van der Waals surface area contributed by atoms with Crippen LogP contribution in [0.4, 0.5) is 17.1 Å². The maximum Gasteiger partial charge on any atom is 0.0714 e. The predicted molar refractivity (Wildman–Crippen MR) is 315 cm³/mol. The molecule has 1 aliphatic rings. The number of benzene rings is 12. The van der Waals surface area contributed by atoms with Crippen LogP contribution in [0, 0.1) is 0 Å². The average Bonchev–Trinajstić information content (AvgIpc) is 4.02. The lowest BCUT2D eigenvalue weighted by Gasteiger charge is -2.34. The number of anilines is 3. The molecule has 0 spiro atoms. The van der Waals surface area contributed by atoms with Gasteiger partial charge in [0.1, 0.15) is 0 Å². The molecule has 0 amide bonds. The standard InChI is InChI=1S/C73H50N2/c1-5-24-51(25-6-1)53-28-21-34-58(48-53)74(59-35-22-29-54(49-59)52-26-7-2-8-27-52)68-43-19-16-38-62(68)61-37-14-13-36-60(61)55-46-47-64-63-39-17-20-44-69(63)75(71(64)50-55)70-45-23-42-67-72(70)65-40-15-18-41-66(65)73(67,56-30-9-3-10-31-56)57-32-11-4-12-33-57/h1-50H. The summed E-state index contributed by atoms with van der Waals surface area (Å²) in [5.74, 6) is 0. The molecule has 0 fully saturated rings. The van der Waals surface area contributed by atoms with Crippen molar-refractivity contribution in [3.05, 3.63) is 326 Å².